The lowest BCUT2D eigenvalue weighted by atomic mass is 10.2. The van der Waals surface area contributed by atoms with E-state index in [0.29, 0.717) is 28.7 Å². The van der Waals surface area contributed by atoms with Gasteiger partial charge in [-0.3, -0.25) is 0 Å². The fourth-order valence-corrected chi connectivity index (χ4v) is 2.20. The lowest BCUT2D eigenvalue weighted by molar-refractivity contribution is 0.249. The Morgan fingerprint density at radius 2 is 1.90 bits per heavy atom. The van der Waals surface area contributed by atoms with Gasteiger partial charge in [0.1, 0.15) is 12.4 Å². The zero-order valence-corrected chi connectivity index (χ0v) is 12.7. The second-order valence-corrected chi connectivity index (χ2v) is 4.83. The predicted octanol–water partition coefficient (Wildman–Crippen LogP) is 3.43. The van der Waals surface area contributed by atoms with Crippen LogP contribution in [0.25, 0.3) is 0 Å². The molecule has 0 radical (unpaired) electrons. The Kier molecular flexibility index (Phi) is 5.31. The molecular weight excluding hydrogens is 292 g/mol. The number of rotatable bonds is 6. The molecule has 0 saturated heterocycles. The summed E-state index contributed by atoms with van der Waals surface area (Å²) in [6, 6.07) is 10.9. The van der Waals surface area contributed by atoms with Crippen molar-refractivity contribution in [1.29, 1.82) is 0 Å². The molecule has 5 heteroatoms. The summed E-state index contributed by atoms with van der Waals surface area (Å²) >= 11 is 5.97. The third-order valence-electron chi connectivity index (χ3n) is 3.00. The van der Waals surface area contributed by atoms with E-state index in [0.717, 1.165) is 11.3 Å². The highest BCUT2D eigenvalue weighted by molar-refractivity contribution is 6.30. The SMILES string of the molecule is COc1cccc(COc2c(CO)cc(Cl)cc2OC)c1. The fourth-order valence-electron chi connectivity index (χ4n) is 1.97. The zero-order chi connectivity index (χ0) is 15.2. The smallest absolute Gasteiger partial charge is 0.167 e. The summed E-state index contributed by atoms with van der Waals surface area (Å²) in [6.07, 6.45) is 0. The van der Waals surface area contributed by atoms with E-state index in [4.69, 9.17) is 25.8 Å². The van der Waals surface area contributed by atoms with E-state index in [-0.39, 0.29) is 6.61 Å². The first kappa shape index (κ1) is 15.5. The van der Waals surface area contributed by atoms with Gasteiger partial charge < -0.3 is 19.3 Å². The average molecular weight is 309 g/mol. The van der Waals surface area contributed by atoms with Crippen LogP contribution in [0.5, 0.6) is 17.2 Å². The minimum Gasteiger partial charge on any atom is -0.497 e. The van der Waals surface area contributed by atoms with Gasteiger partial charge in [0.05, 0.1) is 20.8 Å². The Morgan fingerprint density at radius 1 is 1.10 bits per heavy atom. The molecule has 0 unspecified atom stereocenters. The topological polar surface area (TPSA) is 47.9 Å². The summed E-state index contributed by atoms with van der Waals surface area (Å²) < 4.78 is 16.2. The minimum absolute atomic E-state index is 0.176. The quantitative estimate of drug-likeness (QED) is 0.888. The molecule has 0 amide bonds. The number of hydrogen-bond acceptors (Lipinski definition) is 4. The van der Waals surface area contributed by atoms with Crippen molar-refractivity contribution in [2.24, 2.45) is 0 Å². The Balaban J connectivity index is 2.22. The van der Waals surface area contributed by atoms with Crippen LogP contribution in [-0.2, 0) is 13.2 Å². The highest BCUT2D eigenvalue weighted by atomic mass is 35.5. The monoisotopic (exact) mass is 308 g/mol. The number of hydrogen-bond donors (Lipinski definition) is 1. The molecule has 2 rings (SSSR count). The number of aliphatic hydroxyl groups is 1. The molecule has 2 aromatic carbocycles. The van der Waals surface area contributed by atoms with Crippen LogP contribution in [0.2, 0.25) is 5.02 Å². The van der Waals surface area contributed by atoms with E-state index < -0.39 is 0 Å². The van der Waals surface area contributed by atoms with Gasteiger partial charge in [0, 0.05) is 16.7 Å². The lowest BCUT2D eigenvalue weighted by Gasteiger charge is -2.15. The normalized spacial score (nSPS) is 10.3. The largest absolute Gasteiger partial charge is 0.497 e. The molecule has 0 aromatic heterocycles. The molecule has 0 aliphatic heterocycles. The summed E-state index contributed by atoms with van der Waals surface area (Å²) in [7, 11) is 3.15. The highest BCUT2D eigenvalue weighted by Crippen LogP contribution is 2.35. The van der Waals surface area contributed by atoms with E-state index in [1.807, 2.05) is 24.3 Å². The van der Waals surface area contributed by atoms with Crippen molar-refractivity contribution in [3.63, 3.8) is 0 Å². The van der Waals surface area contributed by atoms with Crippen molar-refractivity contribution in [2.75, 3.05) is 14.2 Å². The summed E-state index contributed by atoms with van der Waals surface area (Å²) in [5, 5.41) is 9.92. The molecule has 112 valence electrons. The number of aliphatic hydroxyl groups excluding tert-OH is 1. The maximum Gasteiger partial charge on any atom is 0.167 e. The molecule has 0 aliphatic rings. The zero-order valence-electron chi connectivity index (χ0n) is 11.9. The Hall–Kier alpha value is -1.91. The molecule has 2 aromatic rings. The van der Waals surface area contributed by atoms with Crippen molar-refractivity contribution in [3.8, 4) is 17.2 Å². The molecule has 0 heterocycles. The maximum absolute atomic E-state index is 9.43. The van der Waals surface area contributed by atoms with Gasteiger partial charge in [-0.15, -0.1) is 0 Å². The Bertz CT molecular complexity index is 588. The molecule has 4 nitrogen and oxygen atoms in total. The predicted molar refractivity (Wildman–Crippen MR) is 81.3 cm³/mol. The van der Waals surface area contributed by atoms with Crippen LogP contribution in [0.1, 0.15) is 11.1 Å². The van der Waals surface area contributed by atoms with Crippen LogP contribution >= 0.6 is 11.6 Å². The van der Waals surface area contributed by atoms with E-state index in [1.165, 1.54) is 7.11 Å². The third-order valence-corrected chi connectivity index (χ3v) is 3.22. The molecule has 0 bridgehead atoms. The van der Waals surface area contributed by atoms with Gasteiger partial charge in [0.15, 0.2) is 11.5 Å². The third kappa shape index (κ3) is 3.80. The van der Waals surface area contributed by atoms with E-state index in [9.17, 15) is 5.11 Å². The van der Waals surface area contributed by atoms with Crippen LogP contribution in [0, 0.1) is 0 Å². The van der Waals surface area contributed by atoms with Gasteiger partial charge in [-0.05, 0) is 23.8 Å². The van der Waals surface area contributed by atoms with Crippen LogP contribution < -0.4 is 14.2 Å². The van der Waals surface area contributed by atoms with Crippen LogP contribution in [0.15, 0.2) is 36.4 Å². The fraction of sp³-hybridized carbons (Fsp3) is 0.250. The standard InChI is InChI=1S/C16H17ClO4/c1-19-14-5-3-4-11(6-14)10-21-16-12(9-18)7-13(17)8-15(16)20-2/h3-8,18H,9-10H2,1-2H3. The van der Waals surface area contributed by atoms with Gasteiger partial charge in [0.25, 0.3) is 0 Å². The van der Waals surface area contributed by atoms with Crippen molar-refractivity contribution in [3.05, 3.63) is 52.5 Å². The molecule has 1 N–H and O–H groups in total. The number of ether oxygens (including phenoxy) is 3. The summed E-state index contributed by atoms with van der Waals surface area (Å²) in [5.74, 6) is 1.75. The summed E-state index contributed by atoms with van der Waals surface area (Å²) in [4.78, 5) is 0. The highest BCUT2D eigenvalue weighted by Gasteiger charge is 2.12. The number of halogens is 1. The summed E-state index contributed by atoms with van der Waals surface area (Å²) in [6.45, 7) is 0.159. The Labute approximate surface area is 128 Å². The second kappa shape index (κ2) is 7.20. The maximum atomic E-state index is 9.43. The molecule has 0 saturated carbocycles. The van der Waals surface area contributed by atoms with Crippen LogP contribution in [-0.4, -0.2) is 19.3 Å². The lowest BCUT2D eigenvalue weighted by Crippen LogP contribution is -2.01. The molecule has 21 heavy (non-hydrogen) atoms. The average Bonchev–Trinajstić information content (AvgIpc) is 2.52. The van der Waals surface area contributed by atoms with Gasteiger partial charge >= 0.3 is 0 Å². The molecular formula is C16H17ClO4. The van der Waals surface area contributed by atoms with Gasteiger partial charge in [-0.25, -0.2) is 0 Å². The first-order valence-electron chi connectivity index (χ1n) is 6.41. The van der Waals surface area contributed by atoms with E-state index in [1.54, 1.807) is 19.2 Å². The van der Waals surface area contributed by atoms with Crippen molar-refractivity contribution >= 4 is 11.6 Å². The van der Waals surface area contributed by atoms with Gasteiger partial charge in [0.2, 0.25) is 0 Å². The van der Waals surface area contributed by atoms with Crippen molar-refractivity contribution in [2.45, 2.75) is 13.2 Å². The minimum atomic E-state index is -0.176. The molecule has 0 spiro atoms. The molecule has 0 atom stereocenters. The number of methoxy groups -OCH3 is 2. The van der Waals surface area contributed by atoms with Crippen LogP contribution in [0.3, 0.4) is 0 Å². The van der Waals surface area contributed by atoms with Crippen molar-refractivity contribution in [1.82, 2.24) is 0 Å². The van der Waals surface area contributed by atoms with Crippen LogP contribution in [0.4, 0.5) is 0 Å². The molecule has 0 aliphatic carbocycles. The second-order valence-electron chi connectivity index (χ2n) is 4.39. The first-order chi connectivity index (χ1) is 10.2. The van der Waals surface area contributed by atoms with Crippen molar-refractivity contribution < 1.29 is 19.3 Å². The summed E-state index contributed by atoms with van der Waals surface area (Å²) in [5.41, 5.74) is 1.54. The van der Waals surface area contributed by atoms with E-state index in [2.05, 4.69) is 0 Å². The molecule has 0 fully saturated rings. The van der Waals surface area contributed by atoms with Gasteiger partial charge in [-0.2, -0.15) is 0 Å². The van der Waals surface area contributed by atoms with E-state index >= 15 is 0 Å². The van der Waals surface area contributed by atoms with Gasteiger partial charge in [-0.1, -0.05) is 23.7 Å². The first-order valence-corrected chi connectivity index (χ1v) is 6.78. The Morgan fingerprint density at radius 3 is 2.57 bits per heavy atom. The number of benzene rings is 2.